The first-order chi connectivity index (χ1) is 10.5. The highest BCUT2D eigenvalue weighted by Gasteiger charge is 2.16. The molecule has 7 heteroatoms. The van der Waals surface area contributed by atoms with Gasteiger partial charge in [0.1, 0.15) is 0 Å². The van der Waals surface area contributed by atoms with Crippen LogP contribution in [0.1, 0.15) is 29.3 Å². The summed E-state index contributed by atoms with van der Waals surface area (Å²) in [5.41, 5.74) is 1.48. The summed E-state index contributed by atoms with van der Waals surface area (Å²) in [6.07, 6.45) is 0.961. The molecule has 1 heterocycles. The van der Waals surface area contributed by atoms with E-state index in [2.05, 4.69) is 10.0 Å². The number of sulfonamides is 1. The van der Waals surface area contributed by atoms with Crippen LogP contribution in [0.2, 0.25) is 0 Å². The van der Waals surface area contributed by atoms with E-state index in [0.717, 1.165) is 38.2 Å². The average molecular weight is 325 g/mol. The Labute approximate surface area is 131 Å². The minimum atomic E-state index is -3.20. The van der Waals surface area contributed by atoms with Crippen LogP contribution in [0.4, 0.5) is 0 Å². The molecule has 0 saturated carbocycles. The quantitative estimate of drug-likeness (QED) is 0.829. The molecular formula is C15H23N3O3S. The number of hydrogen-bond donors (Lipinski definition) is 2. The summed E-state index contributed by atoms with van der Waals surface area (Å²) < 4.78 is 25.3. The number of amides is 1. The Morgan fingerprint density at radius 2 is 1.95 bits per heavy atom. The molecule has 1 amide bonds. The zero-order valence-electron chi connectivity index (χ0n) is 12.8. The number of carbonyl (C=O) groups is 1. The molecule has 0 spiro atoms. The van der Waals surface area contributed by atoms with Crippen LogP contribution in [0.15, 0.2) is 24.3 Å². The van der Waals surface area contributed by atoms with Crippen LogP contribution in [0.25, 0.3) is 0 Å². The maximum atomic E-state index is 12.4. The molecule has 0 unspecified atom stereocenters. The number of hydrogen-bond acceptors (Lipinski definition) is 4. The van der Waals surface area contributed by atoms with Crippen molar-refractivity contribution in [3.05, 3.63) is 35.4 Å². The molecule has 6 nitrogen and oxygen atoms in total. The van der Waals surface area contributed by atoms with Crippen molar-refractivity contribution in [2.24, 2.45) is 0 Å². The van der Waals surface area contributed by atoms with Gasteiger partial charge in [-0.15, -0.1) is 0 Å². The van der Waals surface area contributed by atoms with Crippen molar-refractivity contribution in [2.75, 3.05) is 31.9 Å². The number of rotatable bonds is 5. The van der Waals surface area contributed by atoms with Gasteiger partial charge in [-0.2, -0.15) is 0 Å². The molecule has 1 fully saturated rings. The van der Waals surface area contributed by atoms with Gasteiger partial charge in [0.05, 0.1) is 5.75 Å². The third-order valence-electron chi connectivity index (χ3n) is 3.70. The first-order valence-corrected chi connectivity index (χ1v) is 9.23. The highest BCUT2D eigenvalue weighted by atomic mass is 32.2. The van der Waals surface area contributed by atoms with Gasteiger partial charge in [-0.3, -0.25) is 4.79 Å². The standard InChI is InChI=1S/C15H23N3O3S/c1-2-22(20,21)17-12-13-4-6-14(7-5-13)15(19)18-10-3-8-16-9-11-18/h4-7,16-17H,2-3,8-12H2,1H3. The van der Waals surface area contributed by atoms with E-state index in [1.165, 1.54) is 0 Å². The molecule has 1 aromatic rings. The summed E-state index contributed by atoms with van der Waals surface area (Å²) in [6.45, 7) is 5.10. The SMILES string of the molecule is CCS(=O)(=O)NCc1ccc(C(=O)N2CCCNCC2)cc1. The zero-order valence-corrected chi connectivity index (χ0v) is 13.7. The first kappa shape index (κ1) is 16.9. The van der Waals surface area contributed by atoms with E-state index in [1.807, 2.05) is 4.90 Å². The lowest BCUT2D eigenvalue weighted by molar-refractivity contribution is 0.0766. The van der Waals surface area contributed by atoms with E-state index in [4.69, 9.17) is 0 Å². The van der Waals surface area contributed by atoms with Crippen LogP contribution in [0.5, 0.6) is 0 Å². The van der Waals surface area contributed by atoms with Crippen molar-refractivity contribution < 1.29 is 13.2 Å². The molecular weight excluding hydrogens is 302 g/mol. The number of benzene rings is 1. The lowest BCUT2D eigenvalue weighted by Gasteiger charge is -2.20. The molecule has 2 rings (SSSR count). The molecule has 1 aliphatic heterocycles. The molecule has 0 atom stereocenters. The van der Waals surface area contributed by atoms with E-state index in [0.29, 0.717) is 5.56 Å². The van der Waals surface area contributed by atoms with Gasteiger partial charge < -0.3 is 10.2 Å². The van der Waals surface area contributed by atoms with Crippen molar-refractivity contribution in [1.29, 1.82) is 0 Å². The Kier molecular flexibility index (Phi) is 5.93. The van der Waals surface area contributed by atoms with Gasteiger partial charge in [0, 0.05) is 31.7 Å². The molecule has 22 heavy (non-hydrogen) atoms. The monoisotopic (exact) mass is 325 g/mol. The largest absolute Gasteiger partial charge is 0.337 e. The van der Waals surface area contributed by atoms with E-state index >= 15 is 0 Å². The summed E-state index contributed by atoms with van der Waals surface area (Å²) in [5, 5.41) is 3.27. The summed E-state index contributed by atoms with van der Waals surface area (Å²) in [7, 11) is -3.20. The van der Waals surface area contributed by atoms with Crippen LogP contribution in [0, 0.1) is 0 Å². The lowest BCUT2D eigenvalue weighted by atomic mass is 10.1. The molecule has 0 aromatic heterocycles. The third kappa shape index (κ3) is 4.79. The van der Waals surface area contributed by atoms with Crippen LogP contribution in [0.3, 0.4) is 0 Å². The number of nitrogens with zero attached hydrogens (tertiary/aromatic N) is 1. The fourth-order valence-corrected chi connectivity index (χ4v) is 2.88. The fourth-order valence-electron chi connectivity index (χ4n) is 2.29. The van der Waals surface area contributed by atoms with Gasteiger partial charge in [-0.1, -0.05) is 12.1 Å². The number of carbonyl (C=O) groups excluding carboxylic acids is 1. The minimum Gasteiger partial charge on any atom is -0.337 e. The van der Waals surface area contributed by atoms with Gasteiger partial charge in [0.2, 0.25) is 10.0 Å². The Morgan fingerprint density at radius 1 is 1.23 bits per heavy atom. The molecule has 122 valence electrons. The van der Waals surface area contributed by atoms with Crippen LogP contribution < -0.4 is 10.0 Å². The average Bonchev–Trinajstić information content (AvgIpc) is 2.82. The topological polar surface area (TPSA) is 78.5 Å². The maximum Gasteiger partial charge on any atom is 0.253 e. The summed E-state index contributed by atoms with van der Waals surface area (Å²) in [4.78, 5) is 14.3. The normalized spacial score (nSPS) is 16.3. The van der Waals surface area contributed by atoms with Gasteiger partial charge >= 0.3 is 0 Å². The highest BCUT2D eigenvalue weighted by Crippen LogP contribution is 2.09. The van der Waals surface area contributed by atoms with Crippen LogP contribution in [-0.2, 0) is 16.6 Å². The third-order valence-corrected chi connectivity index (χ3v) is 5.05. The van der Waals surface area contributed by atoms with Crippen LogP contribution in [-0.4, -0.2) is 51.2 Å². The second-order valence-electron chi connectivity index (χ2n) is 5.32. The summed E-state index contributed by atoms with van der Waals surface area (Å²) in [5.74, 6) is 0.0939. The summed E-state index contributed by atoms with van der Waals surface area (Å²) >= 11 is 0. The second-order valence-corrected chi connectivity index (χ2v) is 7.41. The van der Waals surface area contributed by atoms with Crippen molar-refractivity contribution in [2.45, 2.75) is 19.9 Å². The van der Waals surface area contributed by atoms with E-state index < -0.39 is 10.0 Å². The van der Waals surface area contributed by atoms with Crippen molar-refractivity contribution in [1.82, 2.24) is 14.9 Å². The predicted octanol–water partition coefficient (Wildman–Crippen LogP) is 0.561. The van der Waals surface area contributed by atoms with Gasteiger partial charge in [0.25, 0.3) is 5.91 Å². The minimum absolute atomic E-state index is 0.0318. The van der Waals surface area contributed by atoms with Crippen molar-refractivity contribution in [3.63, 3.8) is 0 Å². The Hall–Kier alpha value is -1.44. The van der Waals surface area contributed by atoms with Crippen molar-refractivity contribution >= 4 is 15.9 Å². The Bertz CT molecular complexity index is 591. The molecule has 0 radical (unpaired) electrons. The molecule has 2 N–H and O–H groups in total. The lowest BCUT2D eigenvalue weighted by Crippen LogP contribution is -2.34. The fraction of sp³-hybridized carbons (Fsp3) is 0.533. The molecule has 1 aliphatic rings. The van der Waals surface area contributed by atoms with Gasteiger partial charge in [-0.05, 0) is 37.6 Å². The Morgan fingerprint density at radius 3 is 2.64 bits per heavy atom. The van der Waals surface area contributed by atoms with E-state index in [1.54, 1.807) is 31.2 Å². The zero-order chi connectivity index (χ0) is 16.0. The molecule has 0 aliphatic carbocycles. The molecule has 0 bridgehead atoms. The van der Waals surface area contributed by atoms with Gasteiger partial charge in [-0.25, -0.2) is 13.1 Å². The predicted molar refractivity (Wildman–Crippen MR) is 86.1 cm³/mol. The molecule has 1 saturated heterocycles. The van der Waals surface area contributed by atoms with E-state index in [9.17, 15) is 13.2 Å². The maximum absolute atomic E-state index is 12.4. The first-order valence-electron chi connectivity index (χ1n) is 7.58. The molecule has 1 aromatic carbocycles. The van der Waals surface area contributed by atoms with Crippen LogP contribution >= 0.6 is 0 Å². The smallest absolute Gasteiger partial charge is 0.253 e. The second kappa shape index (κ2) is 7.71. The highest BCUT2D eigenvalue weighted by molar-refractivity contribution is 7.89. The summed E-state index contributed by atoms with van der Waals surface area (Å²) in [6, 6.07) is 7.11. The van der Waals surface area contributed by atoms with Crippen molar-refractivity contribution in [3.8, 4) is 0 Å². The Balaban J connectivity index is 1.97. The van der Waals surface area contributed by atoms with Gasteiger partial charge in [0.15, 0.2) is 0 Å². The number of nitrogens with one attached hydrogen (secondary N) is 2. The van der Waals surface area contributed by atoms with E-state index in [-0.39, 0.29) is 18.2 Å².